The van der Waals surface area contributed by atoms with Gasteiger partial charge in [0.15, 0.2) is 0 Å². The molecule has 3 aliphatic rings. The second-order valence-electron chi connectivity index (χ2n) is 25.8. The fourth-order valence-corrected chi connectivity index (χ4v) is 13.1. The van der Waals surface area contributed by atoms with Crippen LogP contribution in [-0.2, 0) is 58.5 Å². The van der Waals surface area contributed by atoms with Gasteiger partial charge >= 0.3 is 17.1 Å². The Kier molecular flexibility index (Phi) is 28.2. The first-order valence-electron chi connectivity index (χ1n) is 36.0. The van der Waals surface area contributed by atoms with Crippen LogP contribution in [-0.4, -0.2) is 176 Å². The highest BCUT2D eigenvalue weighted by Gasteiger charge is 2.22. The van der Waals surface area contributed by atoms with E-state index in [4.69, 9.17) is 25.8 Å². The lowest BCUT2D eigenvalue weighted by molar-refractivity contribution is 0.248. The minimum atomic E-state index is -0.196. The predicted octanol–water partition coefficient (Wildman–Crippen LogP) is 10.2. The van der Waals surface area contributed by atoms with Gasteiger partial charge in [0.2, 0.25) is 0 Å². The van der Waals surface area contributed by atoms with Gasteiger partial charge < -0.3 is 28.9 Å². The number of para-hydroxylation sites is 1. The molecule has 0 N–H and O–H groups in total. The van der Waals surface area contributed by atoms with Gasteiger partial charge in [0.1, 0.15) is 66.2 Å². The summed E-state index contributed by atoms with van der Waals surface area (Å²) in [6.07, 6.45) is 4.75. The Hall–Kier alpha value is -9.03. The van der Waals surface area contributed by atoms with Gasteiger partial charge in [-0.3, -0.25) is 28.4 Å². The van der Waals surface area contributed by atoms with E-state index in [1.54, 1.807) is 52.0 Å². The lowest BCUT2D eigenvalue weighted by atomic mass is 10.2. The van der Waals surface area contributed by atoms with E-state index in [0.29, 0.717) is 71.9 Å². The van der Waals surface area contributed by atoms with Crippen molar-refractivity contribution in [3.63, 3.8) is 0 Å². The number of nitrogens with zero attached hydrogens (tertiary/aromatic N) is 15. The molecule has 3 aromatic heterocycles. The highest BCUT2D eigenvalue weighted by Crippen LogP contribution is 2.23. The van der Waals surface area contributed by atoms with E-state index in [1.165, 1.54) is 28.9 Å². The lowest BCUT2D eigenvalue weighted by Crippen LogP contribution is -2.46. The average Bonchev–Trinajstić information content (AvgIpc) is 1.74. The number of hydrogen-bond donors (Lipinski definition) is 0. The molecule has 6 aromatic carbocycles. The third-order valence-electron chi connectivity index (χ3n) is 18.7. The van der Waals surface area contributed by atoms with Crippen molar-refractivity contribution in [2.45, 2.75) is 112 Å². The molecule has 21 nitrogen and oxygen atoms in total. The van der Waals surface area contributed by atoms with E-state index in [2.05, 4.69) is 50.8 Å². The molecule has 0 radical (unpaired) electrons. The van der Waals surface area contributed by atoms with Gasteiger partial charge in [0.25, 0.3) is 0 Å². The Labute approximate surface area is 597 Å². The summed E-state index contributed by atoms with van der Waals surface area (Å²) in [5, 5.41) is 14.5. The van der Waals surface area contributed by atoms with Gasteiger partial charge in [-0.15, -0.1) is 0 Å². The molecule has 3 fully saturated rings. The topological polar surface area (TPSA) is 167 Å². The second-order valence-corrected chi connectivity index (χ2v) is 26.2. The maximum Gasteiger partial charge on any atom is 0.346 e. The molecule has 12 rings (SSSR count). The normalized spacial score (nSPS) is 14.5. The minimum Gasteiger partial charge on any atom is -0.492 e. The van der Waals surface area contributed by atoms with Crippen molar-refractivity contribution >= 4 is 28.7 Å². The van der Waals surface area contributed by atoms with Gasteiger partial charge in [-0.25, -0.2) is 37.2 Å². The molecule has 0 aliphatic carbocycles. The largest absolute Gasteiger partial charge is 0.492 e. The number of hydrogen-bond acceptors (Lipinski definition) is 15. The standard InChI is InChI=1S/C26H34ClN5O2.C26H34FN5O2.C25H32FN5O2/c2*1-3-25-28-32(26(33)31(25)18-19-34-24-10-8-21(2)9-11-24)13-5-12-29-14-16-30(17-15-29)23-7-4-6-22(27)20-23;1-2-24-27-31(25(32)30(24)18-19-33-23-10-4-3-5-11-23)13-7-12-28-14-16-29(17-15-28)22-9-6-8-21(26)20-22/h2*4,6-11,20H,3,5,12-19H2,1-2H3;3-6,8-11,20H,2,7,12-19H2,1H3. The molecule has 0 atom stereocenters. The van der Waals surface area contributed by atoms with E-state index >= 15 is 0 Å². The number of aryl methyl sites for hydroxylation is 8. The van der Waals surface area contributed by atoms with Crippen molar-refractivity contribution in [3.8, 4) is 17.2 Å². The molecular weight excluding hydrogens is 1300 g/mol. The van der Waals surface area contributed by atoms with Crippen LogP contribution in [0.5, 0.6) is 17.2 Å². The molecule has 9 aromatic rings. The van der Waals surface area contributed by atoms with Crippen molar-refractivity contribution in [2.24, 2.45) is 0 Å². The molecule has 3 saturated heterocycles. The minimum absolute atomic E-state index is 0.0462. The van der Waals surface area contributed by atoms with E-state index in [1.807, 2.05) is 144 Å². The van der Waals surface area contributed by atoms with Gasteiger partial charge in [0, 0.05) is 159 Å². The number of piperazine rings is 3. The third-order valence-corrected chi connectivity index (χ3v) is 18.9. The molecule has 6 heterocycles. The zero-order valence-electron chi connectivity index (χ0n) is 59.4. The number of rotatable bonds is 30. The number of anilines is 3. The summed E-state index contributed by atoms with van der Waals surface area (Å²) in [4.78, 5) is 52.7. The summed E-state index contributed by atoms with van der Waals surface area (Å²) in [5.74, 6) is 4.43. The fraction of sp³-hybridized carbons (Fsp3) is 0.455. The zero-order chi connectivity index (χ0) is 70.9. The molecule has 0 bridgehead atoms. The highest BCUT2D eigenvalue weighted by molar-refractivity contribution is 6.30. The van der Waals surface area contributed by atoms with Gasteiger partial charge in [0.05, 0.1) is 19.6 Å². The smallest absolute Gasteiger partial charge is 0.346 e. The molecule has 540 valence electrons. The summed E-state index contributed by atoms with van der Waals surface area (Å²) in [7, 11) is 0. The summed E-state index contributed by atoms with van der Waals surface area (Å²) in [5.41, 5.74) is 5.26. The van der Waals surface area contributed by atoms with Crippen LogP contribution in [0.25, 0.3) is 0 Å². The van der Waals surface area contributed by atoms with Crippen molar-refractivity contribution in [2.75, 3.05) is 133 Å². The summed E-state index contributed by atoms with van der Waals surface area (Å²) in [6, 6.07) is 47.1. The van der Waals surface area contributed by atoms with Crippen LogP contribution in [0.3, 0.4) is 0 Å². The number of ether oxygens (including phenoxy) is 3. The molecular formula is C77H100ClF2N15O6. The van der Waals surface area contributed by atoms with E-state index in [9.17, 15) is 23.2 Å². The average molecular weight is 1410 g/mol. The Morgan fingerprint density at radius 3 is 1.00 bits per heavy atom. The van der Waals surface area contributed by atoms with Crippen LogP contribution in [0.15, 0.2) is 166 Å². The van der Waals surface area contributed by atoms with Gasteiger partial charge in [-0.05, 0) is 124 Å². The van der Waals surface area contributed by atoms with Gasteiger partial charge in [-0.1, -0.05) is 104 Å². The maximum atomic E-state index is 13.5. The van der Waals surface area contributed by atoms with E-state index in [0.717, 1.165) is 175 Å². The summed E-state index contributed by atoms with van der Waals surface area (Å²) in [6.45, 7) is 28.7. The van der Waals surface area contributed by atoms with Gasteiger partial charge in [-0.2, -0.15) is 15.3 Å². The fourth-order valence-electron chi connectivity index (χ4n) is 12.9. The first-order chi connectivity index (χ1) is 49.2. The first kappa shape index (κ1) is 74.7. The molecule has 0 amide bonds. The van der Waals surface area contributed by atoms with Crippen LogP contribution >= 0.6 is 11.6 Å². The molecule has 0 unspecified atom stereocenters. The van der Waals surface area contributed by atoms with Crippen molar-refractivity contribution < 1.29 is 23.0 Å². The van der Waals surface area contributed by atoms with Crippen LogP contribution in [0.2, 0.25) is 5.02 Å². The van der Waals surface area contributed by atoms with E-state index < -0.39 is 0 Å². The van der Waals surface area contributed by atoms with Crippen LogP contribution in [0, 0.1) is 25.5 Å². The highest BCUT2D eigenvalue weighted by atomic mass is 35.5. The van der Waals surface area contributed by atoms with Crippen molar-refractivity contribution in [3.05, 3.63) is 228 Å². The molecule has 0 saturated carbocycles. The Morgan fingerprint density at radius 2 is 0.683 bits per heavy atom. The lowest BCUT2D eigenvalue weighted by Gasteiger charge is -2.36. The molecule has 3 aliphatic heterocycles. The second kappa shape index (κ2) is 38.1. The maximum absolute atomic E-state index is 13.5. The Bertz CT molecular complexity index is 3970. The number of halogens is 3. The third kappa shape index (κ3) is 22.0. The Balaban J connectivity index is 0.000000163. The molecule has 0 spiro atoms. The Morgan fingerprint density at radius 1 is 0.366 bits per heavy atom. The SMILES string of the molecule is CCc1nn(CCCN2CCN(c3cccc(Cl)c3)CC2)c(=O)n1CCOc1ccc(C)cc1.CCc1nn(CCCN2CCN(c3cccc(F)c3)CC2)c(=O)n1CCOc1ccc(C)cc1.CCc1nn(CCCN2CCN(c3cccc(F)c3)CC2)c(=O)n1CCOc1ccccc1. The first-order valence-corrected chi connectivity index (χ1v) is 36.3. The van der Waals surface area contributed by atoms with Crippen LogP contribution in [0.4, 0.5) is 25.8 Å². The van der Waals surface area contributed by atoms with Crippen molar-refractivity contribution in [1.82, 2.24) is 57.7 Å². The van der Waals surface area contributed by atoms with E-state index in [-0.39, 0.29) is 28.7 Å². The summed E-state index contributed by atoms with van der Waals surface area (Å²) >= 11 is 6.14. The van der Waals surface area contributed by atoms with Crippen LogP contribution in [0.1, 0.15) is 68.6 Å². The predicted molar refractivity (Wildman–Crippen MR) is 397 cm³/mol. The number of benzene rings is 6. The van der Waals surface area contributed by atoms with Crippen LogP contribution < -0.4 is 46.0 Å². The zero-order valence-corrected chi connectivity index (χ0v) is 60.2. The monoisotopic (exact) mass is 1400 g/mol. The molecule has 24 heteroatoms. The summed E-state index contributed by atoms with van der Waals surface area (Å²) < 4.78 is 54.4. The molecule has 101 heavy (non-hydrogen) atoms. The quantitative estimate of drug-likeness (QED) is 0.0417. The van der Waals surface area contributed by atoms with Crippen molar-refractivity contribution in [1.29, 1.82) is 0 Å². The number of aromatic nitrogens is 9.